The van der Waals surface area contributed by atoms with Gasteiger partial charge in [0.1, 0.15) is 5.82 Å². The van der Waals surface area contributed by atoms with Crippen molar-refractivity contribution in [2.24, 2.45) is 0 Å². The molecule has 128 valence electrons. The summed E-state index contributed by atoms with van der Waals surface area (Å²) >= 11 is 0. The third kappa shape index (κ3) is 3.78. The zero-order chi connectivity index (χ0) is 16.8. The third-order valence-corrected chi connectivity index (χ3v) is 5.05. The summed E-state index contributed by atoms with van der Waals surface area (Å²) in [5, 5.41) is 0. The van der Waals surface area contributed by atoms with Crippen LogP contribution in [0.3, 0.4) is 0 Å². The number of aromatic nitrogens is 1. The second-order valence-corrected chi connectivity index (χ2v) is 6.71. The van der Waals surface area contributed by atoms with Crippen molar-refractivity contribution >= 4 is 11.5 Å². The van der Waals surface area contributed by atoms with Gasteiger partial charge in [0.05, 0.1) is 0 Å². The molecule has 2 aromatic rings. The van der Waals surface area contributed by atoms with E-state index < -0.39 is 0 Å². The quantitative estimate of drug-likeness (QED) is 0.730. The van der Waals surface area contributed by atoms with Crippen LogP contribution in [0.25, 0.3) is 0 Å². The molecule has 0 bridgehead atoms. The minimum Gasteiger partial charge on any atom is -0.329 e. The summed E-state index contributed by atoms with van der Waals surface area (Å²) in [6, 6.07) is 15.4. The first-order valence-corrected chi connectivity index (χ1v) is 9.29. The van der Waals surface area contributed by atoms with Crippen LogP contribution in [0.4, 0.5) is 11.5 Å². The average molecular weight is 323 g/mol. The maximum atomic E-state index is 4.74. The number of hydrogen-bond acceptors (Lipinski definition) is 3. The molecule has 0 spiro atoms. The number of unbranched alkanes of at least 4 members (excludes halogenated alkanes) is 1. The molecule has 0 radical (unpaired) electrons. The van der Waals surface area contributed by atoms with Gasteiger partial charge in [0.15, 0.2) is 0 Å². The first kappa shape index (κ1) is 17.0. The van der Waals surface area contributed by atoms with Crippen molar-refractivity contribution in [3.63, 3.8) is 0 Å². The number of rotatable bonds is 6. The molecular formula is C21H29N3. The zero-order valence-electron chi connectivity index (χ0n) is 15.0. The minimum absolute atomic E-state index is 0.500. The highest BCUT2D eigenvalue weighted by Crippen LogP contribution is 2.37. The van der Waals surface area contributed by atoms with Gasteiger partial charge < -0.3 is 4.90 Å². The number of piperidine rings is 1. The Bertz CT molecular complexity index is 626. The van der Waals surface area contributed by atoms with Crippen molar-refractivity contribution in [2.75, 3.05) is 25.0 Å². The van der Waals surface area contributed by atoms with Gasteiger partial charge in [0, 0.05) is 30.5 Å². The molecule has 1 aliphatic heterocycles. The molecule has 1 aromatic heterocycles. The monoisotopic (exact) mass is 323 g/mol. The van der Waals surface area contributed by atoms with E-state index in [1.54, 1.807) is 0 Å². The van der Waals surface area contributed by atoms with Gasteiger partial charge in [-0.3, -0.25) is 4.90 Å². The van der Waals surface area contributed by atoms with Gasteiger partial charge in [-0.25, -0.2) is 4.98 Å². The van der Waals surface area contributed by atoms with Crippen LogP contribution in [0.5, 0.6) is 0 Å². The molecule has 0 N–H and O–H groups in total. The SMILES string of the molecule is CCCCN1CCCCC1c1cccnc1N(C)c1ccccc1. The Morgan fingerprint density at radius 2 is 1.96 bits per heavy atom. The summed E-state index contributed by atoms with van der Waals surface area (Å²) in [6.45, 7) is 4.69. The van der Waals surface area contributed by atoms with Gasteiger partial charge in [0.2, 0.25) is 0 Å². The van der Waals surface area contributed by atoms with E-state index in [9.17, 15) is 0 Å². The molecule has 0 amide bonds. The van der Waals surface area contributed by atoms with Gasteiger partial charge >= 0.3 is 0 Å². The highest BCUT2D eigenvalue weighted by Gasteiger charge is 2.27. The van der Waals surface area contributed by atoms with Gasteiger partial charge in [0.25, 0.3) is 0 Å². The van der Waals surface area contributed by atoms with Crippen LogP contribution in [-0.4, -0.2) is 30.0 Å². The van der Waals surface area contributed by atoms with Crippen molar-refractivity contribution in [1.29, 1.82) is 0 Å². The fourth-order valence-electron chi connectivity index (χ4n) is 3.70. The van der Waals surface area contributed by atoms with Crippen LogP contribution in [-0.2, 0) is 0 Å². The lowest BCUT2D eigenvalue weighted by Crippen LogP contribution is -2.35. The molecular weight excluding hydrogens is 294 g/mol. The highest BCUT2D eigenvalue weighted by atomic mass is 15.2. The Kier molecular flexibility index (Phi) is 5.86. The Morgan fingerprint density at radius 3 is 2.75 bits per heavy atom. The number of anilines is 2. The molecule has 0 aliphatic carbocycles. The summed E-state index contributed by atoms with van der Waals surface area (Å²) in [5.74, 6) is 1.09. The fraction of sp³-hybridized carbons (Fsp3) is 0.476. The van der Waals surface area contributed by atoms with E-state index in [2.05, 4.69) is 66.2 Å². The van der Waals surface area contributed by atoms with E-state index in [-0.39, 0.29) is 0 Å². The Hall–Kier alpha value is -1.87. The summed E-state index contributed by atoms with van der Waals surface area (Å²) in [5.41, 5.74) is 2.56. The number of nitrogens with zero attached hydrogens (tertiary/aromatic N) is 3. The molecule has 24 heavy (non-hydrogen) atoms. The zero-order valence-corrected chi connectivity index (χ0v) is 15.0. The van der Waals surface area contributed by atoms with Crippen LogP contribution in [0, 0.1) is 0 Å². The van der Waals surface area contributed by atoms with Crippen LogP contribution in [0.1, 0.15) is 50.6 Å². The smallest absolute Gasteiger partial charge is 0.137 e. The van der Waals surface area contributed by atoms with E-state index in [0.29, 0.717) is 6.04 Å². The van der Waals surface area contributed by atoms with Crippen molar-refractivity contribution in [3.8, 4) is 0 Å². The molecule has 1 fully saturated rings. The lowest BCUT2D eigenvalue weighted by atomic mass is 9.95. The number of pyridine rings is 1. The standard InChI is InChI=1S/C21H29N3/c1-3-4-16-24-17-9-8-14-20(24)19-13-10-15-22-21(19)23(2)18-11-6-5-7-12-18/h5-7,10-13,15,20H,3-4,8-9,14,16-17H2,1-2H3. The topological polar surface area (TPSA) is 19.4 Å². The average Bonchev–Trinajstić information content (AvgIpc) is 2.67. The molecule has 2 heterocycles. The minimum atomic E-state index is 0.500. The van der Waals surface area contributed by atoms with E-state index in [4.69, 9.17) is 4.98 Å². The van der Waals surface area contributed by atoms with Crippen LogP contribution in [0.15, 0.2) is 48.7 Å². The molecule has 1 aromatic carbocycles. The van der Waals surface area contributed by atoms with Crippen molar-refractivity contribution in [2.45, 2.75) is 45.1 Å². The maximum Gasteiger partial charge on any atom is 0.137 e. The summed E-state index contributed by atoms with van der Waals surface area (Å²) < 4.78 is 0. The lowest BCUT2D eigenvalue weighted by Gasteiger charge is -2.37. The van der Waals surface area contributed by atoms with Gasteiger partial charge in [-0.1, -0.05) is 44.0 Å². The summed E-state index contributed by atoms with van der Waals surface area (Å²) in [4.78, 5) is 9.64. The van der Waals surface area contributed by atoms with E-state index in [1.165, 1.54) is 56.4 Å². The van der Waals surface area contributed by atoms with Gasteiger partial charge in [-0.05, 0) is 50.6 Å². The fourth-order valence-corrected chi connectivity index (χ4v) is 3.70. The van der Waals surface area contributed by atoms with E-state index >= 15 is 0 Å². The number of likely N-dealkylation sites (tertiary alicyclic amines) is 1. The molecule has 1 atom stereocenters. The van der Waals surface area contributed by atoms with Gasteiger partial charge in [-0.2, -0.15) is 0 Å². The van der Waals surface area contributed by atoms with Crippen LogP contribution >= 0.6 is 0 Å². The molecule has 1 aliphatic rings. The Labute approximate surface area is 146 Å². The summed E-state index contributed by atoms with van der Waals surface area (Å²) in [7, 11) is 2.13. The Balaban J connectivity index is 1.90. The molecule has 3 nitrogen and oxygen atoms in total. The van der Waals surface area contributed by atoms with Crippen molar-refractivity contribution in [3.05, 3.63) is 54.2 Å². The first-order valence-electron chi connectivity index (χ1n) is 9.29. The van der Waals surface area contributed by atoms with Crippen molar-refractivity contribution < 1.29 is 0 Å². The molecule has 3 rings (SSSR count). The van der Waals surface area contributed by atoms with Crippen LogP contribution in [0.2, 0.25) is 0 Å². The van der Waals surface area contributed by atoms with Gasteiger partial charge in [-0.15, -0.1) is 0 Å². The van der Waals surface area contributed by atoms with E-state index in [0.717, 1.165) is 5.82 Å². The lowest BCUT2D eigenvalue weighted by molar-refractivity contribution is 0.147. The van der Waals surface area contributed by atoms with Crippen molar-refractivity contribution in [1.82, 2.24) is 9.88 Å². The predicted molar refractivity (Wildman–Crippen MR) is 102 cm³/mol. The second kappa shape index (κ2) is 8.29. The highest BCUT2D eigenvalue weighted by molar-refractivity contribution is 5.62. The predicted octanol–water partition coefficient (Wildman–Crippen LogP) is 5.18. The normalized spacial score (nSPS) is 18.5. The second-order valence-electron chi connectivity index (χ2n) is 6.71. The number of para-hydroxylation sites is 1. The summed E-state index contributed by atoms with van der Waals surface area (Å²) in [6.07, 6.45) is 8.33. The molecule has 3 heteroatoms. The maximum absolute atomic E-state index is 4.74. The largest absolute Gasteiger partial charge is 0.329 e. The molecule has 1 saturated heterocycles. The van der Waals surface area contributed by atoms with Crippen LogP contribution < -0.4 is 4.90 Å². The Morgan fingerprint density at radius 1 is 1.12 bits per heavy atom. The third-order valence-electron chi connectivity index (χ3n) is 5.05. The van der Waals surface area contributed by atoms with E-state index in [1.807, 2.05) is 6.20 Å². The number of benzene rings is 1. The first-order chi connectivity index (χ1) is 11.8. The number of hydrogen-bond donors (Lipinski definition) is 0. The molecule has 0 saturated carbocycles. The molecule has 1 unspecified atom stereocenters.